The molecule has 1 fully saturated rings. The minimum atomic E-state index is -4.42. The van der Waals surface area contributed by atoms with E-state index in [-0.39, 0.29) is 19.7 Å². The number of carbonyl (C=O) groups excluding carboxylic acids is 1. The van der Waals surface area contributed by atoms with Gasteiger partial charge in [0.05, 0.1) is 6.61 Å². The molecule has 0 bridgehead atoms. The van der Waals surface area contributed by atoms with Gasteiger partial charge in [-0.25, -0.2) is 4.79 Å². The number of likely N-dealkylation sites (N-methyl/N-ethyl adjacent to an activating group) is 1. The fourth-order valence-corrected chi connectivity index (χ4v) is 1.62. The Bertz CT molecular complexity index is 258. The van der Waals surface area contributed by atoms with Crippen molar-refractivity contribution in [1.82, 2.24) is 9.80 Å². The van der Waals surface area contributed by atoms with Gasteiger partial charge in [-0.2, -0.15) is 13.2 Å². The number of ether oxygens (including phenoxy) is 1. The smallest absolute Gasteiger partial charge is 0.410 e. The van der Waals surface area contributed by atoms with E-state index < -0.39 is 18.3 Å². The van der Waals surface area contributed by atoms with Crippen LogP contribution in [-0.4, -0.2) is 61.4 Å². The number of hydrogen-bond donors (Lipinski definition) is 0. The molecule has 0 N–H and O–H groups in total. The summed E-state index contributed by atoms with van der Waals surface area (Å²) in [6.07, 6.45) is -5.31. The third-order valence-electron chi connectivity index (χ3n) is 2.46. The lowest BCUT2D eigenvalue weighted by Gasteiger charge is -2.39. The highest BCUT2D eigenvalue weighted by Gasteiger charge is 2.48. The Hall–Kier alpha value is -0.980. The molecule has 1 rings (SSSR count). The second-order valence-electron chi connectivity index (χ2n) is 3.71. The van der Waals surface area contributed by atoms with E-state index in [0.717, 1.165) is 4.90 Å². The van der Waals surface area contributed by atoms with Crippen molar-refractivity contribution in [1.29, 1.82) is 0 Å². The van der Waals surface area contributed by atoms with Crippen LogP contribution in [0.2, 0.25) is 0 Å². The SMILES string of the molecule is CCOC(=O)N1CCN(C)CC1C(F)(F)F. The van der Waals surface area contributed by atoms with E-state index in [1.54, 1.807) is 18.9 Å². The Balaban J connectivity index is 2.76. The molecule has 0 aromatic rings. The first-order chi connectivity index (χ1) is 7.36. The predicted molar refractivity (Wildman–Crippen MR) is 51.1 cm³/mol. The highest BCUT2D eigenvalue weighted by atomic mass is 19.4. The fraction of sp³-hybridized carbons (Fsp3) is 0.889. The molecule has 1 atom stereocenters. The number of piperazine rings is 1. The van der Waals surface area contributed by atoms with Crippen LogP contribution in [0.4, 0.5) is 18.0 Å². The van der Waals surface area contributed by atoms with Gasteiger partial charge in [0.2, 0.25) is 0 Å². The van der Waals surface area contributed by atoms with E-state index >= 15 is 0 Å². The number of alkyl halides is 3. The molecule has 0 aromatic carbocycles. The van der Waals surface area contributed by atoms with Crippen molar-refractivity contribution in [3.05, 3.63) is 0 Å². The van der Waals surface area contributed by atoms with Crippen LogP contribution in [0.3, 0.4) is 0 Å². The first-order valence-electron chi connectivity index (χ1n) is 5.05. The zero-order chi connectivity index (χ0) is 12.3. The highest BCUT2D eigenvalue weighted by Crippen LogP contribution is 2.27. The summed E-state index contributed by atoms with van der Waals surface area (Å²) in [5.41, 5.74) is 0. The van der Waals surface area contributed by atoms with Gasteiger partial charge in [-0.3, -0.25) is 4.90 Å². The van der Waals surface area contributed by atoms with E-state index in [1.165, 1.54) is 0 Å². The molecule has 0 radical (unpaired) electrons. The number of amides is 1. The maximum atomic E-state index is 12.7. The van der Waals surface area contributed by atoms with Gasteiger partial charge >= 0.3 is 12.3 Å². The van der Waals surface area contributed by atoms with Crippen molar-refractivity contribution in [2.75, 3.05) is 33.3 Å². The third kappa shape index (κ3) is 3.01. The number of nitrogens with zero attached hydrogens (tertiary/aromatic N) is 2. The van der Waals surface area contributed by atoms with E-state index in [0.29, 0.717) is 6.54 Å². The second kappa shape index (κ2) is 4.90. The van der Waals surface area contributed by atoms with Crippen LogP contribution in [0.5, 0.6) is 0 Å². The van der Waals surface area contributed by atoms with Gasteiger partial charge in [0.1, 0.15) is 6.04 Å². The Labute approximate surface area is 91.9 Å². The molecule has 1 aliphatic heterocycles. The quantitative estimate of drug-likeness (QED) is 0.693. The largest absolute Gasteiger partial charge is 0.450 e. The maximum absolute atomic E-state index is 12.7. The van der Waals surface area contributed by atoms with Crippen molar-refractivity contribution < 1.29 is 22.7 Å². The molecular weight excluding hydrogens is 225 g/mol. The van der Waals surface area contributed by atoms with Crippen molar-refractivity contribution in [3.63, 3.8) is 0 Å². The second-order valence-corrected chi connectivity index (χ2v) is 3.71. The van der Waals surface area contributed by atoms with Crippen LogP contribution in [0.1, 0.15) is 6.92 Å². The molecule has 1 unspecified atom stereocenters. The molecule has 7 heteroatoms. The lowest BCUT2D eigenvalue weighted by molar-refractivity contribution is -0.190. The van der Waals surface area contributed by atoms with Crippen molar-refractivity contribution >= 4 is 6.09 Å². The standard InChI is InChI=1S/C9H15F3N2O2/c1-3-16-8(15)14-5-4-13(2)6-7(14)9(10,11)12/h7H,3-6H2,1-2H3. The van der Waals surface area contributed by atoms with Crippen molar-refractivity contribution in [3.8, 4) is 0 Å². The van der Waals surface area contributed by atoms with Crippen LogP contribution in [-0.2, 0) is 4.74 Å². The topological polar surface area (TPSA) is 32.8 Å². The summed E-state index contributed by atoms with van der Waals surface area (Å²) in [5.74, 6) is 0. The van der Waals surface area contributed by atoms with Gasteiger partial charge < -0.3 is 9.64 Å². The molecule has 1 saturated heterocycles. The monoisotopic (exact) mass is 240 g/mol. The van der Waals surface area contributed by atoms with Crippen molar-refractivity contribution in [2.45, 2.75) is 19.1 Å². The van der Waals surface area contributed by atoms with E-state index in [2.05, 4.69) is 4.74 Å². The average molecular weight is 240 g/mol. The highest BCUT2D eigenvalue weighted by molar-refractivity contribution is 5.68. The summed E-state index contributed by atoms with van der Waals surface area (Å²) in [6, 6.07) is -1.77. The molecule has 16 heavy (non-hydrogen) atoms. The molecule has 1 heterocycles. The third-order valence-corrected chi connectivity index (χ3v) is 2.46. The predicted octanol–water partition coefficient (Wildman–Crippen LogP) is 1.32. The molecule has 0 spiro atoms. The molecule has 0 aliphatic carbocycles. The summed E-state index contributed by atoms with van der Waals surface area (Å²) in [4.78, 5) is 13.6. The zero-order valence-electron chi connectivity index (χ0n) is 9.25. The number of rotatable bonds is 1. The van der Waals surface area contributed by atoms with Gasteiger partial charge in [-0.05, 0) is 14.0 Å². The lowest BCUT2D eigenvalue weighted by Crippen LogP contribution is -2.59. The molecule has 1 aliphatic rings. The van der Waals surface area contributed by atoms with Crippen LogP contribution >= 0.6 is 0 Å². The molecule has 0 saturated carbocycles. The fourth-order valence-electron chi connectivity index (χ4n) is 1.62. The summed E-state index contributed by atoms with van der Waals surface area (Å²) in [6.45, 7) is 1.90. The van der Waals surface area contributed by atoms with Gasteiger partial charge in [0.25, 0.3) is 0 Å². The van der Waals surface area contributed by atoms with Crippen LogP contribution in [0.25, 0.3) is 0 Å². The summed E-state index contributed by atoms with van der Waals surface area (Å²) in [7, 11) is 1.60. The van der Waals surface area contributed by atoms with E-state index in [1.807, 2.05) is 0 Å². The lowest BCUT2D eigenvalue weighted by atomic mass is 10.2. The van der Waals surface area contributed by atoms with Crippen LogP contribution in [0.15, 0.2) is 0 Å². The normalized spacial score (nSPS) is 23.3. The average Bonchev–Trinajstić information content (AvgIpc) is 2.16. The molecular formula is C9H15F3N2O2. The maximum Gasteiger partial charge on any atom is 0.410 e. The first-order valence-corrected chi connectivity index (χ1v) is 5.05. The molecule has 94 valence electrons. The van der Waals surface area contributed by atoms with Gasteiger partial charge in [0, 0.05) is 19.6 Å². The van der Waals surface area contributed by atoms with E-state index in [4.69, 9.17) is 0 Å². The van der Waals surface area contributed by atoms with Gasteiger partial charge in [-0.15, -0.1) is 0 Å². The minimum absolute atomic E-state index is 0.0412. The van der Waals surface area contributed by atoms with E-state index in [9.17, 15) is 18.0 Å². The summed E-state index contributed by atoms with van der Waals surface area (Å²) < 4.78 is 42.7. The van der Waals surface area contributed by atoms with Crippen LogP contribution < -0.4 is 0 Å². The number of hydrogen-bond acceptors (Lipinski definition) is 3. The van der Waals surface area contributed by atoms with Gasteiger partial charge in [-0.1, -0.05) is 0 Å². The van der Waals surface area contributed by atoms with Crippen molar-refractivity contribution in [2.24, 2.45) is 0 Å². The Kier molecular flexibility index (Phi) is 4.01. The zero-order valence-corrected chi connectivity index (χ0v) is 9.25. The molecule has 1 amide bonds. The number of carbonyl (C=O) groups is 1. The van der Waals surface area contributed by atoms with Crippen LogP contribution in [0, 0.1) is 0 Å². The Morgan fingerprint density at radius 3 is 2.56 bits per heavy atom. The Morgan fingerprint density at radius 1 is 1.44 bits per heavy atom. The molecule has 4 nitrogen and oxygen atoms in total. The first kappa shape index (κ1) is 13.1. The summed E-state index contributed by atoms with van der Waals surface area (Å²) in [5, 5.41) is 0. The summed E-state index contributed by atoms with van der Waals surface area (Å²) >= 11 is 0. The molecule has 0 aromatic heterocycles. The number of halogens is 3. The minimum Gasteiger partial charge on any atom is -0.450 e. The Morgan fingerprint density at radius 2 is 2.06 bits per heavy atom. The van der Waals surface area contributed by atoms with Gasteiger partial charge in [0.15, 0.2) is 0 Å².